The summed E-state index contributed by atoms with van der Waals surface area (Å²) in [6.45, 7) is 8.46. The first-order valence-corrected chi connectivity index (χ1v) is 14.6. The first-order valence-electron chi connectivity index (χ1n) is 13.7. The number of thioether (sulfide) groups is 1. The van der Waals surface area contributed by atoms with Gasteiger partial charge in [-0.3, -0.25) is 14.5 Å². The monoisotopic (exact) mass is 534 g/mol. The summed E-state index contributed by atoms with van der Waals surface area (Å²) >= 11 is 1.63. The number of nitrogens with one attached hydrogen (secondary N) is 1. The standard InChI is InChI=1S/C30H38N4O3S/c1-30(2,3)20-27-34(23-10-5-4-6-11-23)28(36)25(38-27)19-26(35)32-16-14-22(15-17-32)33-18-13-21-9-7-8-12-24(21)31-29(33)37/h4-12,22,25,27H,13-20H2,1-3H3,(H,31,37). The van der Waals surface area contributed by atoms with Crippen molar-refractivity contribution in [3.8, 4) is 0 Å². The highest BCUT2D eigenvalue weighted by Gasteiger charge is 2.44. The summed E-state index contributed by atoms with van der Waals surface area (Å²) in [6.07, 6.45) is 3.41. The number of benzene rings is 2. The van der Waals surface area contributed by atoms with Gasteiger partial charge in [-0.2, -0.15) is 0 Å². The number of hydrogen-bond donors (Lipinski definition) is 1. The minimum absolute atomic E-state index is 0.0131. The zero-order chi connectivity index (χ0) is 26.9. The average molecular weight is 535 g/mol. The van der Waals surface area contributed by atoms with E-state index >= 15 is 0 Å². The molecule has 2 aromatic carbocycles. The van der Waals surface area contributed by atoms with E-state index in [1.165, 1.54) is 0 Å². The van der Waals surface area contributed by atoms with Crippen molar-refractivity contribution in [1.82, 2.24) is 9.80 Å². The maximum Gasteiger partial charge on any atom is 0.322 e. The summed E-state index contributed by atoms with van der Waals surface area (Å²) in [7, 11) is 0. The number of nitrogens with zero attached hydrogens (tertiary/aromatic N) is 3. The Morgan fingerprint density at radius 1 is 0.974 bits per heavy atom. The third kappa shape index (κ3) is 5.85. The molecular formula is C30H38N4O3S. The van der Waals surface area contributed by atoms with Gasteiger partial charge in [0.2, 0.25) is 11.8 Å². The lowest BCUT2D eigenvalue weighted by Crippen LogP contribution is -2.50. The van der Waals surface area contributed by atoms with Crippen molar-refractivity contribution in [3.05, 3.63) is 60.2 Å². The summed E-state index contributed by atoms with van der Waals surface area (Å²) in [5, 5.41) is 2.70. The van der Waals surface area contributed by atoms with Crippen LogP contribution in [0.25, 0.3) is 0 Å². The summed E-state index contributed by atoms with van der Waals surface area (Å²) in [4.78, 5) is 45.5. The van der Waals surface area contributed by atoms with Crippen molar-refractivity contribution in [3.63, 3.8) is 0 Å². The fraction of sp³-hybridized carbons (Fsp3) is 0.500. The predicted molar refractivity (Wildman–Crippen MR) is 153 cm³/mol. The van der Waals surface area contributed by atoms with E-state index in [0.717, 1.165) is 42.6 Å². The van der Waals surface area contributed by atoms with Gasteiger partial charge in [-0.1, -0.05) is 57.2 Å². The lowest BCUT2D eigenvalue weighted by atomic mass is 9.92. The van der Waals surface area contributed by atoms with E-state index in [2.05, 4.69) is 32.2 Å². The zero-order valence-electron chi connectivity index (χ0n) is 22.6. The number of rotatable bonds is 5. The van der Waals surface area contributed by atoms with E-state index in [9.17, 15) is 14.4 Å². The molecule has 202 valence electrons. The lowest BCUT2D eigenvalue weighted by Gasteiger charge is -2.38. The van der Waals surface area contributed by atoms with Crippen LogP contribution in [0.5, 0.6) is 0 Å². The topological polar surface area (TPSA) is 73.0 Å². The summed E-state index contributed by atoms with van der Waals surface area (Å²) in [6, 6.07) is 17.8. The highest BCUT2D eigenvalue weighted by atomic mass is 32.2. The number of urea groups is 1. The Balaban J connectivity index is 1.19. The molecule has 5 rings (SSSR count). The molecule has 7 nitrogen and oxygen atoms in total. The fourth-order valence-corrected chi connectivity index (χ4v) is 7.53. The van der Waals surface area contributed by atoms with Crippen LogP contribution in [-0.2, 0) is 16.0 Å². The summed E-state index contributed by atoms with van der Waals surface area (Å²) in [5.41, 5.74) is 3.00. The SMILES string of the molecule is CC(C)(C)CC1SC(CC(=O)N2CCC(N3CCc4ccccc4NC3=O)CC2)C(=O)N1c1ccccc1. The smallest absolute Gasteiger partial charge is 0.322 e. The van der Waals surface area contributed by atoms with Crippen molar-refractivity contribution < 1.29 is 14.4 Å². The van der Waals surface area contributed by atoms with Gasteiger partial charge in [0.15, 0.2) is 0 Å². The Labute approximate surface area is 229 Å². The van der Waals surface area contributed by atoms with Crippen LogP contribution >= 0.6 is 11.8 Å². The van der Waals surface area contributed by atoms with Gasteiger partial charge < -0.3 is 15.1 Å². The van der Waals surface area contributed by atoms with Crippen LogP contribution in [0.15, 0.2) is 54.6 Å². The first-order chi connectivity index (χ1) is 18.2. The van der Waals surface area contributed by atoms with Crippen LogP contribution in [0.2, 0.25) is 0 Å². The van der Waals surface area contributed by atoms with Crippen LogP contribution in [0.3, 0.4) is 0 Å². The Hall–Kier alpha value is -3.00. The van der Waals surface area contributed by atoms with Crippen LogP contribution in [0.1, 0.15) is 52.0 Å². The number of carbonyl (C=O) groups excluding carboxylic acids is 3. The van der Waals surface area contributed by atoms with Gasteiger partial charge in [-0.25, -0.2) is 4.79 Å². The molecular weight excluding hydrogens is 496 g/mol. The van der Waals surface area contributed by atoms with E-state index in [1.807, 2.05) is 63.2 Å². The number of hydrogen-bond acceptors (Lipinski definition) is 4. The lowest BCUT2D eigenvalue weighted by molar-refractivity contribution is -0.134. The molecule has 2 unspecified atom stereocenters. The molecule has 4 amide bonds. The molecule has 8 heteroatoms. The third-order valence-corrected chi connectivity index (χ3v) is 9.09. The molecule has 2 atom stereocenters. The molecule has 3 aliphatic heterocycles. The highest BCUT2D eigenvalue weighted by Crippen LogP contribution is 2.42. The van der Waals surface area contributed by atoms with Gasteiger partial charge in [0, 0.05) is 43.5 Å². The van der Waals surface area contributed by atoms with Crippen molar-refractivity contribution >= 4 is 41.0 Å². The maximum atomic E-state index is 13.5. The molecule has 2 fully saturated rings. The number of likely N-dealkylation sites (tertiary alicyclic amines) is 1. The normalized spacial score (nSPS) is 22.8. The van der Waals surface area contributed by atoms with Crippen LogP contribution in [0.4, 0.5) is 16.2 Å². The molecule has 0 aromatic heterocycles. The molecule has 38 heavy (non-hydrogen) atoms. The molecule has 0 saturated carbocycles. The molecule has 0 spiro atoms. The first kappa shape index (κ1) is 26.6. The Morgan fingerprint density at radius 2 is 1.66 bits per heavy atom. The Bertz CT molecular complexity index is 1170. The molecule has 3 heterocycles. The number of anilines is 2. The van der Waals surface area contributed by atoms with Crippen LogP contribution in [0, 0.1) is 5.41 Å². The zero-order valence-corrected chi connectivity index (χ0v) is 23.4. The molecule has 0 aliphatic carbocycles. The Kier molecular flexibility index (Phi) is 7.70. The van der Waals surface area contributed by atoms with Crippen molar-refractivity contribution in [1.29, 1.82) is 0 Å². The Morgan fingerprint density at radius 3 is 2.37 bits per heavy atom. The maximum absolute atomic E-state index is 13.5. The number of carbonyl (C=O) groups is 3. The van der Waals surface area contributed by atoms with Crippen molar-refractivity contribution in [2.75, 3.05) is 29.9 Å². The minimum Gasteiger partial charge on any atom is -0.342 e. The quantitative estimate of drug-likeness (QED) is 0.560. The molecule has 0 radical (unpaired) electrons. The second-order valence-electron chi connectivity index (χ2n) is 11.7. The van der Waals surface area contributed by atoms with E-state index in [-0.39, 0.29) is 46.3 Å². The number of piperidine rings is 1. The van der Waals surface area contributed by atoms with Crippen molar-refractivity contribution in [2.24, 2.45) is 5.41 Å². The average Bonchev–Trinajstić information content (AvgIpc) is 3.07. The van der Waals surface area contributed by atoms with Gasteiger partial charge in [-0.15, -0.1) is 11.8 Å². The third-order valence-electron chi connectivity index (χ3n) is 7.70. The van der Waals surface area contributed by atoms with E-state index in [0.29, 0.717) is 19.6 Å². The summed E-state index contributed by atoms with van der Waals surface area (Å²) in [5.74, 6) is 0.0610. The van der Waals surface area contributed by atoms with Gasteiger partial charge in [-0.05, 0) is 54.9 Å². The predicted octanol–water partition coefficient (Wildman–Crippen LogP) is 5.37. The molecule has 1 N–H and O–H groups in total. The van der Waals surface area contributed by atoms with Gasteiger partial charge in [0.05, 0.1) is 10.6 Å². The molecule has 0 bridgehead atoms. The van der Waals surface area contributed by atoms with E-state index < -0.39 is 0 Å². The van der Waals surface area contributed by atoms with Gasteiger partial charge in [0.1, 0.15) is 0 Å². The van der Waals surface area contributed by atoms with Gasteiger partial charge in [0.25, 0.3) is 0 Å². The highest BCUT2D eigenvalue weighted by molar-refractivity contribution is 8.02. The van der Waals surface area contributed by atoms with Crippen LogP contribution < -0.4 is 10.2 Å². The van der Waals surface area contributed by atoms with E-state index in [1.54, 1.807) is 11.8 Å². The van der Waals surface area contributed by atoms with Crippen LogP contribution in [-0.4, -0.2) is 63.9 Å². The molecule has 3 aliphatic rings. The van der Waals surface area contributed by atoms with Gasteiger partial charge >= 0.3 is 6.03 Å². The summed E-state index contributed by atoms with van der Waals surface area (Å²) < 4.78 is 0. The molecule has 2 saturated heterocycles. The number of para-hydroxylation sites is 2. The fourth-order valence-electron chi connectivity index (χ4n) is 5.74. The second kappa shape index (κ2) is 11.0. The second-order valence-corrected chi connectivity index (χ2v) is 13.1. The van der Waals surface area contributed by atoms with Crippen molar-refractivity contribution in [2.45, 2.75) is 69.5 Å². The largest absolute Gasteiger partial charge is 0.342 e. The number of amides is 4. The molecule has 2 aromatic rings. The minimum atomic E-state index is -0.373. The number of fused-ring (bicyclic) bond motifs is 1. The van der Waals surface area contributed by atoms with E-state index in [4.69, 9.17) is 0 Å².